The van der Waals surface area contributed by atoms with Crippen LogP contribution in [0.25, 0.3) is 0 Å². The average Bonchev–Trinajstić information content (AvgIpc) is 2.49. The van der Waals surface area contributed by atoms with Gasteiger partial charge >= 0.3 is 12.0 Å². The first-order valence-corrected chi connectivity index (χ1v) is 8.14. The highest BCUT2D eigenvalue weighted by atomic mass is 32.2. The van der Waals surface area contributed by atoms with E-state index in [0.717, 1.165) is 5.56 Å². The normalized spacial score (nSPS) is 11.7. The minimum Gasteiger partial charge on any atom is -0.480 e. The summed E-state index contributed by atoms with van der Waals surface area (Å²) in [5.74, 6) is -0.314. The van der Waals surface area contributed by atoms with Crippen LogP contribution in [0.5, 0.6) is 0 Å². The molecule has 0 radical (unpaired) electrons. The number of rotatable bonds is 8. The fourth-order valence-corrected chi connectivity index (χ4v) is 2.24. The molecule has 0 saturated heterocycles. The first kappa shape index (κ1) is 17.3. The van der Waals surface area contributed by atoms with E-state index in [1.54, 1.807) is 29.1 Å². The molecule has 0 unspecified atom stereocenters. The van der Waals surface area contributed by atoms with Gasteiger partial charge in [-0.15, -0.1) is 0 Å². The third-order valence-corrected chi connectivity index (χ3v) is 3.64. The summed E-state index contributed by atoms with van der Waals surface area (Å²) >= 11 is 1.56. The number of carboxylic acids is 1. The van der Waals surface area contributed by atoms with Crippen molar-refractivity contribution in [2.45, 2.75) is 25.9 Å². The Hall–Kier alpha value is -1.76. The van der Waals surface area contributed by atoms with Gasteiger partial charge in [-0.2, -0.15) is 11.8 Å². The van der Waals surface area contributed by atoms with Crippen molar-refractivity contribution in [2.75, 3.05) is 18.6 Å². The quantitative estimate of drug-likeness (QED) is 0.765. The minimum absolute atomic E-state index is 0.359. The Morgan fingerprint density at radius 2 is 2.10 bits per heavy atom. The first-order chi connectivity index (χ1) is 10.1. The van der Waals surface area contributed by atoms with Gasteiger partial charge in [0.15, 0.2) is 0 Å². The third-order valence-electron chi connectivity index (χ3n) is 3.00. The number of carbonyl (C=O) groups is 2. The van der Waals surface area contributed by atoms with Crippen molar-refractivity contribution in [3.63, 3.8) is 0 Å². The zero-order valence-corrected chi connectivity index (χ0v) is 13.1. The lowest BCUT2D eigenvalue weighted by atomic mass is 10.2. The summed E-state index contributed by atoms with van der Waals surface area (Å²) in [7, 11) is 0. The maximum atomic E-state index is 12.2. The van der Waals surface area contributed by atoms with Crippen molar-refractivity contribution >= 4 is 23.8 Å². The molecular weight excluding hydrogens is 290 g/mol. The fraction of sp³-hybridized carbons (Fsp3) is 0.500. The van der Waals surface area contributed by atoms with Crippen LogP contribution in [0.15, 0.2) is 24.5 Å². The molecule has 1 heterocycles. The van der Waals surface area contributed by atoms with Crippen LogP contribution in [0.3, 0.4) is 0 Å². The molecule has 2 amide bonds. The van der Waals surface area contributed by atoms with Crippen molar-refractivity contribution in [3.8, 4) is 0 Å². The van der Waals surface area contributed by atoms with Crippen molar-refractivity contribution in [2.24, 2.45) is 0 Å². The van der Waals surface area contributed by atoms with E-state index < -0.39 is 12.0 Å². The number of carbonyl (C=O) groups excluding carboxylic acids is 1. The molecule has 0 aliphatic rings. The van der Waals surface area contributed by atoms with E-state index >= 15 is 0 Å². The lowest BCUT2D eigenvalue weighted by Gasteiger charge is -2.24. The molecule has 116 valence electrons. The number of hydrogen-bond acceptors (Lipinski definition) is 4. The van der Waals surface area contributed by atoms with Crippen LogP contribution in [0.2, 0.25) is 0 Å². The van der Waals surface area contributed by atoms with Crippen LogP contribution < -0.4 is 5.32 Å². The lowest BCUT2D eigenvalue weighted by Crippen LogP contribution is -2.47. The number of carboxylic acid groups (broad SMARTS) is 1. The molecule has 1 aromatic rings. The highest BCUT2D eigenvalue weighted by molar-refractivity contribution is 7.98. The minimum atomic E-state index is -1.00. The number of aliphatic carboxylic acids is 1. The summed E-state index contributed by atoms with van der Waals surface area (Å²) < 4.78 is 0. The zero-order chi connectivity index (χ0) is 15.7. The van der Waals surface area contributed by atoms with E-state index in [-0.39, 0.29) is 6.03 Å². The lowest BCUT2D eigenvalue weighted by molar-refractivity contribution is -0.139. The topological polar surface area (TPSA) is 82.5 Å². The second-order valence-electron chi connectivity index (χ2n) is 4.49. The number of amides is 2. The Morgan fingerprint density at radius 3 is 2.62 bits per heavy atom. The molecule has 0 aromatic carbocycles. The van der Waals surface area contributed by atoms with E-state index in [9.17, 15) is 9.59 Å². The molecule has 0 saturated carbocycles. The summed E-state index contributed by atoms with van der Waals surface area (Å²) in [5.41, 5.74) is 0.956. The fourth-order valence-electron chi connectivity index (χ4n) is 1.77. The number of thioether (sulfide) groups is 1. The van der Waals surface area contributed by atoms with E-state index in [4.69, 9.17) is 5.11 Å². The van der Waals surface area contributed by atoms with Gasteiger partial charge in [-0.3, -0.25) is 4.98 Å². The Labute approximate surface area is 128 Å². The van der Waals surface area contributed by atoms with E-state index in [2.05, 4.69) is 10.3 Å². The molecular formula is C14H21N3O3S. The van der Waals surface area contributed by atoms with Gasteiger partial charge in [-0.1, -0.05) is 0 Å². The van der Waals surface area contributed by atoms with Gasteiger partial charge < -0.3 is 15.3 Å². The Kier molecular flexibility index (Phi) is 7.60. The molecule has 1 aromatic heterocycles. The van der Waals surface area contributed by atoms with Crippen molar-refractivity contribution in [1.82, 2.24) is 15.2 Å². The predicted octanol–water partition coefficient (Wildman–Crippen LogP) is 1.82. The van der Waals surface area contributed by atoms with Crippen LogP contribution in [-0.4, -0.2) is 51.6 Å². The molecule has 0 fully saturated rings. The highest BCUT2D eigenvalue weighted by Crippen LogP contribution is 2.06. The molecule has 0 aliphatic carbocycles. The molecule has 1 rings (SSSR count). The average molecular weight is 311 g/mol. The molecule has 21 heavy (non-hydrogen) atoms. The number of aromatic nitrogens is 1. The monoisotopic (exact) mass is 311 g/mol. The molecule has 1 atom stereocenters. The summed E-state index contributed by atoms with van der Waals surface area (Å²) in [6.45, 7) is 2.79. The van der Waals surface area contributed by atoms with Crippen LogP contribution >= 0.6 is 11.8 Å². The van der Waals surface area contributed by atoms with Gasteiger partial charge in [-0.05, 0) is 43.0 Å². The number of nitrogens with one attached hydrogen (secondary N) is 1. The second-order valence-corrected chi connectivity index (χ2v) is 5.48. The Morgan fingerprint density at radius 1 is 1.43 bits per heavy atom. The smallest absolute Gasteiger partial charge is 0.326 e. The predicted molar refractivity (Wildman–Crippen MR) is 83.3 cm³/mol. The zero-order valence-electron chi connectivity index (χ0n) is 12.3. The van der Waals surface area contributed by atoms with Gasteiger partial charge in [0.2, 0.25) is 0 Å². The van der Waals surface area contributed by atoms with Crippen molar-refractivity contribution in [1.29, 1.82) is 0 Å². The van der Waals surface area contributed by atoms with Gasteiger partial charge in [0, 0.05) is 25.5 Å². The number of hydrogen-bond donors (Lipinski definition) is 2. The van der Waals surface area contributed by atoms with Gasteiger partial charge in [0.25, 0.3) is 0 Å². The van der Waals surface area contributed by atoms with E-state index in [1.165, 1.54) is 0 Å². The number of pyridine rings is 1. The molecule has 0 bridgehead atoms. The SMILES string of the molecule is CCN(Cc1ccncc1)C(=O)N[C@@H](CCSC)C(=O)O. The highest BCUT2D eigenvalue weighted by Gasteiger charge is 2.22. The molecule has 7 heteroatoms. The van der Waals surface area contributed by atoms with Crippen molar-refractivity contribution in [3.05, 3.63) is 30.1 Å². The van der Waals surface area contributed by atoms with Gasteiger partial charge in [0.05, 0.1) is 0 Å². The summed E-state index contributed by atoms with van der Waals surface area (Å²) in [6, 6.07) is 2.45. The first-order valence-electron chi connectivity index (χ1n) is 6.74. The van der Waals surface area contributed by atoms with Gasteiger partial charge in [0.1, 0.15) is 6.04 Å². The standard InChI is InChI=1S/C14H21N3O3S/c1-3-17(10-11-4-7-15-8-5-11)14(20)16-12(13(18)19)6-9-21-2/h4-5,7-8,12H,3,6,9-10H2,1-2H3,(H,16,20)(H,18,19)/t12-/m0/s1. The Balaban J connectivity index is 2.62. The number of nitrogens with zero attached hydrogens (tertiary/aromatic N) is 2. The summed E-state index contributed by atoms with van der Waals surface area (Å²) in [5, 5.41) is 11.7. The van der Waals surface area contributed by atoms with Crippen LogP contribution in [-0.2, 0) is 11.3 Å². The summed E-state index contributed by atoms with van der Waals surface area (Å²) in [6.07, 6.45) is 5.65. The van der Waals surface area contributed by atoms with Gasteiger partial charge in [-0.25, -0.2) is 9.59 Å². The Bertz CT molecular complexity index is 456. The maximum absolute atomic E-state index is 12.2. The maximum Gasteiger partial charge on any atom is 0.326 e. The largest absolute Gasteiger partial charge is 0.480 e. The summed E-state index contributed by atoms with van der Waals surface area (Å²) in [4.78, 5) is 28.8. The van der Waals surface area contributed by atoms with Crippen LogP contribution in [0.4, 0.5) is 4.79 Å². The van der Waals surface area contributed by atoms with Crippen LogP contribution in [0.1, 0.15) is 18.9 Å². The van der Waals surface area contributed by atoms with E-state index in [1.807, 2.05) is 25.3 Å². The number of urea groups is 1. The van der Waals surface area contributed by atoms with Crippen LogP contribution in [0, 0.1) is 0 Å². The van der Waals surface area contributed by atoms with E-state index in [0.29, 0.717) is 25.3 Å². The van der Waals surface area contributed by atoms with Crippen molar-refractivity contribution < 1.29 is 14.7 Å². The molecule has 6 nitrogen and oxygen atoms in total. The molecule has 2 N–H and O–H groups in total. The second kappa shape index (κ2) is 9.23. The molecule has 0 aliphatic heterocycles. The molecule has 0 spiro atoms. The third kappa shape index (κ3) is 6.03.